The minimum Gasteiger partial charge on any atom is -0.494 e. The highest BCUT2D eigenvalue weighted by Crippen LogP contribution is 2.21. The van der Waals surface area contributed by atoms with Crippen molar-refractivity contribution in [1.29, 1.82) is 0 Å². The smallest absolute Gasteiger partial charge is 0.330 e. The molecule has 0 fully saturated rings. The van der Waals surface area contributed by atoms with Gasteiger partial charge in [0.2, 0.25) is 0 Å². The number of ether oxygens (including phenoxy) is 3. The fraction of sp³-hybridized carbons (Fsp3) is 0.600. The molecule has 1 aromatic rings. The molecule has 0 aliphatic heterocycles. The number of hydrogen-bond acceptors (Lipinski definition) is 5. The van der Waals surface area contributed by atoms with Crippen LogP contribution in [0.5, 0.6) is 5.75 Å². The monoisotopic (exact) mass is 418 g/mol. The van der Waals surface area contributed by atoms with E-state index in [4.69, 9.17) is 14.2 Å². The van der Waals surface area contributed by atoms with E-state index >= 15 is 0 Å². The van der Waals surface area contributed by atoms with Gasteiger partial charge in [-0.1, -0.05) is 58.1 Å². The van der Waals surface area contributed by atoms with Crippen LogP contribution in [0.3, 0.4) is 0 Å². The van der Waals surface area contributed by atoms with E-state index in [2.05, 4.69) is 6.92 Å². The van der Waals surface area contributed by atoms with Crippen molar-refractivity contribution in [2.45, 2.75) is 72.6 Å². The Kier molecular flexibility index (Phi) is 12.6. The topological polar surface area (TPSA) is 61.8 Å². The van der Waals surface area contributed by atoms with E-state index in [9.17, 15) is 9.59 Å². The van der Waals surface area contributed by atoms with Crippen LogP contribution in [0, 0.1) is 5.41 Å². The van der Waals surface area contributed by atoms with E-state index in [0.29, 0.717) is 6.42 Å². The molecule has 0 saturated carbocycles. The largest absolute Gasteiger partial charge is 0.494 e. The Bertz CT molecular complexity index is 646. The molecule has 0 bridgehead atoms. The van der Waals surface area contributed by atoms with Crippen molar-refractivity contribution in [3.63, 3.8) is 0 Å². The van der Waals surface area contributed by atoms with Gasteiger partial charge in [-0.05, 0) is 50.5 Å². The number of hydrogen-bond donors (Lipinski definition) is 0. The molecule has 0 N–H and O–H groups in total. The summed E-state index contributed by atoms with van der Waals surface area (Å²) in [4.78, 5) is 23.6. The first-order valence-electron chi connectivity index (χ1n) is 11.1. The third-order valence-corrected chi connectivity index (χ3v) is 5.06. The summed E-state index contributed by atoms with van der Waals surface area (Å²) in [6.45, 7) is 8.64. The van der Waals surface area contributed by atoms with Gasteiger partial charge in [0.05, 0.1) is 12.0 Å². The second-order valence-electron chi connectivity index (χ2n) is 8.06. The van der Waals surface area contributed by atoms with Crippen LogP contribution >= 0.6 is 0 Å². The van der Waals surface area contributed by atoms with E-state index < -0.39 is 11.4 Å². The fourth-order valence-corrected chi connectivity index (χ4v) is 2.58. The fourth-order valence-electron chi connectivity index (χ4n) is 2.58. The molecule has 1 aromatic carbocycles. The van der Waals surface area contributed by atoms with Gasteiger partial charge < -0.3 is 14.2 Å². The van der Waals surface area contributed by atoms with Crippen LogP contribution in [0.1, 0.15) is 78.2 Å². The van der Waals surface area contributed by atoms with Crippen LogP contribution in [-0.2, 0) is 19.1 Å². The Hall–Kier alpha value is -2.30. The zero-order valence-corrected chi connectivity index (χ0v) is 19.1. The van der Waals surface area contributed by atoms with E-state index in [1.54, 1.807) is 6.08 Å². The van der Waals surface area contributed by atoms with Gasteiger partial charge in [0, 0.05) is 6.08 Å². The molecule has 30 heavy (non-hydrogen) atoms. The van der Waals surface area contributed by atoms with Crippen LogP contribution in [0.2, 0.25) is 0 Å². The average Bonchev–Trinajstić information content (AvgIpc) is 2.75. The highest BCUT2D eigenvalue weighted by atomic mass is 16.6. The van der Waals surface area contributed by atoms with Gasteiger partial charge >= 0.3 is 11.9 Å². The van der Waals surface area contributed by atoms with Gasteiger partial charge in [0.1, 0.15) is 19.0 Å². The second kappa shape index (κ2) is 14.6. The maximum atomic E-state index is 11.8. The summed E-state index contributed by atoms with van der Waals surface area (Å²) in [5.74, 6) is 0.0831. The number of benzene rings is 1. The molecule has 0 radical (unpaired) electrons. The Morgan fingerprint density at radius 3 is 2.17 bits per heavy atom. The van der Waals surface area contributed by atoms with Gasteiger partial charge in [-0.2, -0.15) is 0 Å². The van der Waals surface area contributed by atoms with Crippen molar-refractivity contribution in [3.8, 4) is 5.75 Å². The molecule has 0 aromatic heterocycles. The molecule has 0 saturated heterocycles. The van der Waals surface area contributed by atoms with Crippen LogP contribution in [0.4, 0.5) is 0 Å². The molecule has 0 atom stereocenters. The van der Waals surface area contributed by atoms with E-state index in [1.165, 1.54) is 38.2 Å². The SMILES string of the molecule is CCCCCCCCOc1ccc(/C=C/C(=O)OCCOC(=O)C(C)(C)CC)cc1. The molecule has 0 aliphatic carbocycles. The van der Waals surface area contributed by atoms with Gasteiger partial charge in [-0.25, -0.2) is 4.79 Å². The van der Waals surface area contributed by atoms with Crippen molar-refractivity contribution >= 4 is 18.0 Å². The quantitative estimate of drug-likeness (QED) is 0.200. The third kappa shape index (κ3) is 11.0. The molecule has 0 spiro atoms. The molecule has 1 rings (SSSR count). The van der Waals surface area contributed by atoms with Crippen LogP contribution in [0.15, 0.2) is 30.3 Å². The highest BCUT2D eigenvalue weighted by Gasteiger charge is 2.26. The van der Waals surface area contributed by atoms with Crippen molar-refractivity contribution in [1.82, 2.24) is 0 Å². The van der Waals surface area contributed by atoms with E-state index in [-0.39, 0.29) is 19.2 Å². The lowest BCUT2D eigenvalue weighted by molar-refractivity contribution is -0.157. The zero-order chi connectivity index (χ0) is 22.2. The summed E-state index contributed by atoms with van der Waals surface area (Å²) in [5.41, 5.74) is 0.365. The van der Waals surface area contributed by atoms with Crippen LogP contribution < -0.4 is 4.74 Å². The predicted octanol–water partition coefficient (Wildman–Crippen LogP) is 5.96. The lowest BCUT2D eigenvalue weighted by atomic mass is 9.91. The third-order valence-electron chi connectivity index (χ3n) is 5.06. The number of rotatable bonds is 15. The predicted molar refractivity (Wildman–Crippen MR) is 120 cm³/mol. The maximum Gasteiger partial charge on any atom is 0.330 e. The Balaban J connectivity index is 2.23. The van der Waals surface area contributed by atoms with Crippen LogP contribution in [0.25, 0.3) is 6.08 Å². The lowest BCUT2D eigenvalue weighted by Crippen LogP contribution is -2.27. The van der Waals surface area contributed by atoms with Crippen LogP contribution in [-0.4, -0.2) is 31.8 Å². The molecule has 168 valence electrons. The lowest BCUT2D eigenvalue weighted by Gasteiger charge is -2.20. The van der Waals surface area contributed by atoms with Crippen molar-refractivity contribution in [2.75, 3.05) is 19.8 Å². The maximum absolute atomic E-state index is 11.8. The van der Waals surface area contributed by atoms with Gasteiger partial charge in [0.25, 0.3) is 0 Å². The van der Waals surface area contributed by atoms with E-state index in [0.717, 1.165) is 24.3 Å². The summed E-state index contributed by atoms with van der Waals surface area (Å²) >= 11 is 0. The molecular formula is C25H38O5. The Morgan fingerprint density at radius 2 is 1.50 bits per heavy atom. The summed E-state index contributed by atoms with van der Waals surface area (Å²) in [7, 11) is 0. The van der Waals surface area contributed by atoms with Gasteiger partial charge in [-0.15, -0.1) is 0 Å². The number of carbonyl (C=O) groups excluding carboxylic acids is 2. The highest BCUT2D eigenvalue weighted by molar-refractivity contribution is 5.87. The summed E-state index contributed by atoms with van der Waals surface area (Å²) in [6.07, 6.45) is 11.2. The van der Waals surface area contributed by atoms with Gasteiger partial charge in [0.15, 0.2) is 0 Å². The molecule has 0 amide bonds. The van der Waals surface area contributed by atoms with E-state index in [1.807, 2.05) is 45.0 Å². The molecule has 0 heterocycles. The molecule has 5 heteroatoms. The molecule has 0 aliphatic rings. The first kappa shape index (κ1) is 25.7. The minimum absolute atomic E-state index is 0.0416. The molecule has 0 unspecified atom stereocenters. The average molecular weight is 419 g/mol. The second-order valence-corrected chi connectivity index (χ2v) is 8.06. The number of esters is 2. The molecular weight excluding hydrogens is 380 g/mol. The van der Waals surface area contributed by atoms with Crippen molar-refractivity contribution < 1.29 is 23.8 Å². The first-order valence-corrected chi connectivity index (χ1v) is 11.1. The summed E-state index contributed by atoms with van der Waals surface area (Å²) < 4.78 is 15.9. The normalized spacial score (nSPS) is 11.5. The van der Waals surface area contributed by atoms with Crippen molar-refractivity contribution in [3.05, 3.63) is 35.9 Å². The zero-order valence-electron chi connectivity index (χ0n) is 19.1. The summed E-state index contributed by atoms with van der Waals surface area (Å²) in [6, 6.07) is 7.60. The Labute approximate surface area is 181 Å². The Morgan fingerprint density at radius 1 is 0.867 bits per heavy atom. The number of unbranched alkanes of at least 4 members (excludes halogenated alkanes) is 5. The van der Waals surface area contributed by atoms with Crippen molar-refractivity contribution in [2.24, 2.45) is 5.41 Å². The standard InChI is InChI=1S/C25H38O5/c1-5-7-8-9-10-11-18-28-22-15-12-21(13-16-22)14-17-23(26)29-19-20-30-24(27)25(3,4)6-2/h12-17H,5-11,18-20H2,1-4H3/b17-14+. The van der Waals surface area contributed by atoms with Gasteiger partial charge in [-0.3, -0.25) is 4.79 Å². The first-order chi connectivity index (χ1) is 14.4. The summed E-state index contributed by atoms with van der Waals surface area (Å²) in [5, 5.41) is 0. The molecule has 5 nitrogen and oxygen atoms in total. The number of carbonyl (C=O) groups is 2. The minimum atomic E-state index is -0.519.